The fourth-order valence-electron chi connectivity index (χ4n) is 3.59. The molecule has 2 aliphatic heterocycles. The monoisotopic (exact) mass is 288 g/mol. The third-order valence-corrected chi connectivity index (χ3v) is 4.78. The van der Waals surface area contributed by atoms with E-state index in [1.165, 1.54) is 31.5 Å². The predicted molar refractivity (Wildman–Crippen MR) is 83.4 cm³/mol. The second kappa shape index (κ2) is 6.03. The van der Waals surface area contributed by atoms with E-state index in [1.54, 1.807) is 0 Å². The summed E-state index contributed by atoms with van der Waals surface area (Å²) in [6.45, 7) is 6.82. The molecule has 0 bridgehead atoms. The van der Waals surface area contributed by atoms with Gasteiger partial charge in [0.15, 0.2) is 5.84 Å². The van der Waals surface area contributed by atoms with Gasteiger partial charge in [-0.3, -0.25) is 9.80 Å². The molecule has 5 heteroatoms. The van der Waals surface area contributed by atoms with Crippen molar-refractivity contribution >= 4 is 5.84 Å². The summed E-state index contributed by atoms with van der Waals surface area (Å²) in [5.74, 6) is 0.172. The lowest BCUT2D eigenvalue weighted by atomic mass is 10.1. The summed E-state index contributed by atoms with van der Waals surface area (Å²) in [5, 5.41) is 11.9. The summed E-state index contributed by atoms with van der Waals surface area (Å²) in [5.41, 5.74) is 7.67. The molecule has 2 fully saturated rings. The van der Waals surface area contributed by atoms with Crippen LogP contribution in [-0.2, 0) is 6.54 Å². The second-order valence-corrected chi connectivity index (χ2v) is 6.26. The number of rotatable bonds is 3. The van der Waals surface area contributed by atoms with Gasteiger partial charge >= 0.3 is 0 Å². The van der Waals surface area contributed by atoms with E-state index in [4.69, 9.17) is 10.9 Å². The molecule has 2 unspecified atom stereocenters. The van der Waals surface area contributed by atoms with Crippen molar-refractivity contribution in [3.8, 4) is 0 Å². The molecular formula is C16H24N4O. The molecule has 0 saturated carbocycles. The van der Waals surface area contributed by atoms with Gasteiger partial charge in [0.25, 0.3) is 0 Å². The molecule has 2 atom stereocenters. The molecule has 0 aliphatic carbocycles. The topological polar surface area (TPSA) is 65.1 Å². The van der Waals surface area contributed by atoms with Gasteiger partial charge in [0.2, 0.25) is 0 Å². The zero-order chi connectivity index (χ0) is 14.8. The molecule has 2 saturated heterocycles. The number of benzene rings is 1. The SMILES string of the molecule is CC1CN2CCCC2CN1Cc1cccc(/C(N)=N/O)c1. The molecule has 21 heavy (non-hydrogen) atoms. The van der Waals surface area contributed by atoms with E-state index < -0.39 is 0 Å². The number of hydrogen-bond donors (Lipinski definition) is 2. The summed E-state index contributed by atoms with van der Waals surface area (Å²) in [6.07, 6.45) is 2.66. The maximum absolute atomic E-state index is 8.79. The number of nitrogens with two attached hydrogens (primary N) is 1. The zero-order valence-electron chi connectivity index (χ0n) is 12.6. The fraction of sp³-hybridized carbons (Fsp3) is 0.562. The number of amidine groups is 1. The Labute approximate surface area is 126 Å². The van der Waals surface area contributed by atoms with Crippen molar-refractivity contribution in [3.63, 3.8) is 0 Å². The first-order valence-corrected chi connectivity index (χ1v) is 7.72. The Kier molecular flexibility index (Phi) is 4.12. The van der Waals surface area contributed by atoms with E-state index in [1.807, 2.05) is 18.2 Å². The Morgan fingerprint density at radius 2 is 2.29 bits per heavy atom. The van der Waals surface area contributed by atoms with Crippen molar-refractivity contribution in [2.24, 2.45) is 10.9 Å². The lowest BCUT2D eigenvalue weighted by Crippen LogP contribution is -2.54. The highest BCUT2D eigenvalue weighted by atomic mass is 16.4. The average Bonchev–Trinajstić information content (AvgIpc) is 2.94. The third kappa shape index (κ3) is 3.04. The summed E-state index contributed by atoms with van der Waals surface area (Å²) in [4.78, 5) is 5.19. The van der Waals surface area contributed by atoms with Crippen LogP contribution in [0, 0.1) is 0 Å². The van der Waals surface area contributed by atoms with Gasteiger partial charge in [-0.15, -0.1) is 0 Å². The van der Waals surface area contributed by atoms with Crippen LogP contribution in [0.25, 0.3) is 0 Å². The minimum absolute atomic E-state index is 0.172. The number of hydrogen-bond acceptors (Lipinski definition) is 4. The maximum atomic E-state index is 8.79. The minimum Gasteiger partial charge on any atom is -0.409 e. The van der Waals surface area contributed by atoms with Crippen LogP contribution < -0.4 is 5.73 Å². The van der Waals surface area contributed by atoms with Crippen LogP contribution in [0.5, 0.6) is 0 Å². The minimum atomic E-state index is 0.172. The summed E-state index contributed by atoms with van der Waals surface area (Å²) < 4.78 is 0. The van der Waals surface area contributed by atoms with Gasteiger partial charge in [0.1, 0.15) is 0 Å². The number of nitrogens with zero attached hydrogens (tertiary/aromatic N) is 3. The van der Waals surface area contributed by atoms with E-state index in [0.29, 0.717) is 6.04 Å². The van der Waals surface area contributed by atoms with Crippen molar-refractivity contribution in [2.75, 3.05) is 19.6 Å². The normalized spacial score (nSPS) is 27.8. The van der Waals surface area contributed by atoms with Crippen molar-refractivity contribution in [1.82, 2.24) is 9.80 Å². The maximum Gasteiger partial charge on any atom is 0.170 e. The van der Waals surface area contributed by atoms with Crippen LogP contribution in [0.4, 0.5) is 0 Å². The molecule has 0 radical (unpaired) electrons. The molecule has 0 spiro atoms. The molecule has 2 heterocycles. The highest BCUT2D eigenvalue weighted by molar-refractivity contribution is 5.97. The molecule has 3 N–H and O–H groups in total. The quantitative estimate of drug-likeness (QED) is 0.382. The Bertz CT molecular complexity index is 531. The van der Waals surface area contributed by atoms with E-state index in [0.717, 1.165) is 24.7 Å². The van der Waals surface area contributed by atoms with E-state index in [9.17, 15) is 0 Å². The van der Waals surface area contributed by atoms with Crippen LogP contribution in [0.15, 0.2) is 29.4 Å². The lowest BCUT2D eigenvalue weighted by Gasteiger charge is -2.42. The standard InChI is InChI=1S/C16H24N4O/c1-12-9-19-7-3-6-15(19)11-20(12)10-13-4-2-5-14(8-13)16(17)18-21/h2,4-5,8,12,15,21H,3,6-7,9-11H2,1H3,(H2,17,18). The predicted octanol–water partition coefficient (Wildman–Crippen LogP) is 1.45. The van der Waals surface area contributed by atoms with Gasteiger partial charge in [0, 0.05) is 37.3 Å². The van der Waals surface area contributed by atoms with Crippen LogP contribution in [0.1, 0.15) is 30.9 Å². The first-order chi connectivity index (χ1) is 10.2. The van der Waals surface area contributed by atoms with Gasteiger partial charge in [-0.1, -0.05) is 23.4 Å². The second-order valence-electron chi connectivity index (χ2n) is 6.26. The number of fused-ring (bicyclic) bond motifs is 1. The van der Waals surface area contributed by atoms with Gasteiger partial charge < -0.3 is 10.9 Å². The van der Waals surface area contributed by atoms with Gasteiger partial charge in [-0.25, -0.2) is 0 Å². The van der Waals surface area contributed by atoms with Crippen LogP contribution in [0.3, 0.4) is 0 Å². The van der Waals surface area contributed by atoms with E-state index in [2.05, 4.69) is 27.9 Å². The summed E-state index contributed by atoms with van der Waals surface area (Å²) in [7, 11) is 0. The van der Waals surface area contributed by atoms with Crippen molar-refractivity contribution in [2.45, 2.75) is 38.4 Å². The smallest absolute Gasteiger partial charge is 0.170 e. The Balaban J connectivity index is 1.71. The average molecular weight is 288 g/mol. The number of piperazine rings is 1. The van der Waals surface area contributed by atoms with Gasteiger partial charge in [-0.05, 0) is 37.9 Å². The van der Waals surface area contributed by atoms with Crippen molar-refractivity contribution in [1.29, 1.82) is 0 Å². The van der Waals surface area contributed by atoms with Crippen LogP contribution in [0.2, 0.25) is 0 Å². The van der Waals surface area contributed by atoms with Gasteiger partial charge in [0.05, 0.1) is 0 Å². The Morgan fingerprint density at radius 1 is 1.43 bits per heavy atom. The van der Waals surface area contributed by atoms with E-state index >= 15 is 0 Å². The zero-order valence-corrected chi connectivity index (χ0v) is 12.6. The summed E-state index contributed by atoms with van der Waals surface area (Å²) in [6, 6.07) is 9.28. The summed E-state index contributed by atoms with van der Waals surface area (Å²) >= 11 is 0. The molecule has 3 rings (SSSR count). The molecule has 0 aromatic heterocycles. The largest absolute Gasteiger partial charge is 0.409 e. The lowest BCUT2D eigenvalue weighted by molar-refractivity contribution is 0.0540. The van der Waals surface area contributed by atoms with E-state index in [-0.39, 0.29) is 5.84 Å². The first-order valence-electron chi connectivity index (χ1n) is 7.72. The highest BCUT2D eigenvalue weighted by Crippen LogP contribution is 2.25. The number of oxime groups is 1. The Hall–Kier alpha value is -1.59. The molecule has 5 nitrogen and oxygen atoms in total. The molecule has 1 aromatic rings. The fourth-order valence-corrected chi connectivity index (χ4v) is 3.59. The Morgan fingerprint density at radius 3 is 3.10 bits per heavy atom. The molecule has 114 valence electrons. The molecule has 2 aliphatic rings. The first kappa shape index (κ1) is 14.4. The molecular weight excluding hydrogens is 264 g/mol. The van der Waals surface area contributed by atoms with Crippen LogP contribution >= 0.6 is 0 Å². The van der Waals surface area contributed by atoms with Crippen molar-refractivity contribution in [3.05, 3.63) is 35.4 Å². The molecule has 1 aromatic carbocycles. The third-order valence-electron chi connectivity index (χ3n) is 4.78. The van der Waals surface area contributed by atoms with Crippen molar-refractivity contribution < 1.29 is 5.21 Å². The highest BCUT2D eigenvalue weighted by Gasteiger charge is 2.34. The van der Waals surface area contributed by atoms with Gasteiger partial charge in [-0.2, -0.15) is 0 Å². The molecule has 0 amide bonds. The van der Waals surface area contributed by atoms with Crippen LogP contribution in [-0.4, -0.2) is 52.6 Å².